The van der Waals surface area contributed by atoms with Crippen molar-refractivity contribution in [1.82, 2.24) is 5.32 Å². The van der Waals surface area contributed by atoms with E-state index in [2.05, 4.69) is 11.9 Å². The molecule has 0 amide bonds. The van der Waals surface area contributed by atoms with Crippen molar-refractivity contribution in [1.29, 1.82) is 0 Å². The summed E-state index contributed by atoms with van der Waals surface area (Å²) in [5.74, 6) is 0. The molecule has 1 rings (SSSR count). The van der Waals surface area contributed by atoms with E-state index in [1.165, 1.54) is 0 Å². The van der Waals surface area contributed by atoms with Gasteiger partial charge in [-0.05, 0) is 30.3 Å². The molecule has 0 aliphatic rings. The van der Waals surface area contributed by atoms with E-state index in [0.717, 1.165) is 12.1 Å². The van der Waals surface area contributed by atoms with Crippen LogP contribution in [0.1, 0.15) is 18.5 Å². The van der Waals surface area contributed by atoms with Crippen LogP contribution in [0.4, 0.5) is 0 Å². The Morgan fingerprint density at radius 3 is 2.79 bits per heavy atom. The number of rotatable bonds is 4. The average Bonchev–Trinajstić information content (AvgIpc) is 2.18. The minimum atomic E-state index is 0.0613. The highest BCUT2D eigenvalue weighted by Gasteiger charge is 2.10. The van der Waals surface area contributed by atoms with E-state index in [1.807, 2.05) is 19.1 Å². The molecule has 0 bridgehead atoms. The Hall–Kier alpha value is -0.500. The largest absolute Gasteiger partial charge is 0.307 e. The summed E-state index contributed by atoms with van der Waals surface area (Å²) in [6.07, 6.45) is 1.82. The maximum atomic E-state index is 6.06. The molecule has 1 aromatic carbocycles. The molecule has 0 aliphatic heterocycles. The van der Waals surface area contributed by atoms with Crippen molar-refractivity contribution in [3.8, 4) is 0 Å². The second-order valence-electron chi connectivity index (χ2n) is 2.94. The number of likely N-dealkylation sites (N-methyl/N-ethyl adjacent to an activating group) is 1. The summed E-state index contributed by atoms with van der Waals surface area (Å²) < 4.78 is 0. The lowest BCUT2D eigenvalue weighted by Gasteiger charge is -2.15. The Morgan fingerprint density at radius 2 is 2.21 bits per heavy atom. The monoisotopic (exact) mass is 229 g/mol. The van der Waals surface area contributed by atoms with Gasteiger partial charge in [0.25, 0.3) is 0 Å². The minimum absolute atomic E-state index is 0.0613. The average molecular weight is 230 g/mol. The van der Waals surface area contributed by atoms with Crippen molar-refractivity contribution in [2.75, 3.05) is 6.54 Å². The third-order valence-corrected chi connectivity index (χ3v) is 2.53. The molecule has 3 heteroatoms. The van der Waals surface area contributed by atoms with Crippen molar-refractivity contribution >= 4 is 23.2 Å². The fraction of sp³-hybridized carbons (Fsp3) is 0.273. The summed E-state index contributed by atoms with van der Waals surface area (Å²) in [5.41, 5.74) is 0.969. The Morgan fingerprint density at radius 1 is 1.50 bits per heavy atom. The number of hydrogen-bond donors (Lipinski definition) is 1. The molecular formula is C11H13Cl2N. The molecule has 0 saturated heterocycles. The molecule has 14 heavy (non-hydrogen) atoms. The van der Waals surface area contributed by atoms with Crippen molar-refractivity contribution in [3.63, 3.8) is 0 Å². The van der Waals surface area contributed by atoms with Crippen molar-refractivity contribution in [3.05, 3.63) is 46.5 Å². The van der Waals surface area contributed by atoms with E-state index in [1.54, 1.807) is 12.1 Å². The Balaban J connectivity index is 3.01. The second-order valence-corrected chi connectivity index (χ2v) is 3.78. The zero-order valence-corrected chi connectivity index (χ0v) is 9.57. The topological polar surface area (TPSA) is 12.0 Å². The first-order valence-corrected chi connectivity index (χ1v) is 5.25. The molecule has 1 aromatic rings. The lowest BCUT2D eigenvalue weighted by Crippen LogP contribution is -2.18. The van der Waals surface area contributed by atoms with Crippen LogP contribution in [0, 0.1) is 0 Å². The first-order valence-electron chi connectivity index (χ1n) is 4.50. The van der Waals surface area contributed by atoms with Gasteiger partial charge in [-0.2, -0.15) is 0 Å². The highest BCUT2D eigenvalue weighted by Crippen LogP contribution is 2.26. The van der Waals surface area contributed by atoms with Crippen LogP contribution >= 0.6 is 23.2 Å². The molecule has 1 N–H and O–H groups in total. The van der Waals surface area contributed by atoms with E-state index in [-0.39, 0.29) is 6.04 Å². The molecule has 1 nitrogen and oxygen atoms in total. The van der Waals surface area contributed by atoms with E-state index in [4.69, 9.17) is 23.2 Å². The van der Waals surface area contributed by atoms with E-state index in [9.17, 15) is 0 Å². The van der Waals surface area contributed by atoms with Gasteiger partial charge in [-0.15, -0.1) is 6.58 Å². The first kappa shape index (κ1) is 11.6. The van der Waals surface area contributed by atoms with Crippen LogP contribution in [-0.2, 0) is 0 Å². The van der Waals surface area contributed by atoms with Crippen LogP contribution < -0.4 is 5.32 Å². The number of benzene rings is 1. The zero-order chi connectivity index (χ0) is 10.6. The Bertz CT molecular complexity index is 323. The number of nitrogens with one attached hydrogen (secondary N) is 1. The van der Waals surface area contributed by atoms with Gasteiger partial charge in [-0.1, -0.05) is 36.2 Å². The summed E-state index contributed by atoms with van der Waals surface area (Å²) in [5, 5.41) is 4.65. The van der Waals surface area contributed by atoms with Gasteiger partial charge in [0.05, 0.1) is 6.04 Å². The number of halogens is 2. The van der Waals surface area contributed by atoms with Gasteiger partial charge in [-0.3, -0.25) is 0 Å². The van der Waals surface area contributed by atoms with Crippen molar-refractivity contribution < 1.29 is 0 Å². The smallest absolute Gasteiger partial charge is 0.0518 e. The van der Waals surface area contributed by atoms with Gasteiger partial charge < -0.3 is 5.32 Å². The maximum absolute atomic E-state index is 6.06. The summed E-state index contributed by atoms with van der Waals surface area (Å²) in [6.45, 7) is 6.66. The van der Waals surface area contributed by atoms with Gasteiger partial charge in [0.2, 0.25) is 0 Å². The third kappa shape index (κ3) is 2.74. The van der Waals surface area contributed by atoms with E-state index >= 15 is 0 Å². The summed E-state index contributed by atoms with van der Waals surface area (Å²) in [6, 6.07) is 5.50. The van der Waals surface area contributed by atoms with Gasteiger partial charge >= 0.3 is 0 Å². The van der Waals surface area contributed by atoms with Crippen LogP contribution in [0.25, 0.3) is 0 Å². The molecule has 0 radical (unpaired) electrons. The van der Waals surface area contributed by atoms with Crippen LogP contribution in [-0.4, -0.2) is 6.54 Å². The van der Waals surface area contributed by atoms with E-state index in [0.29, 0.717) is 10.0 Å². The molecule has 1 unspecified atom stereocenters. The van der Waals surface area contributed by atoms with Crippen LogP contribution in [0.5, 0.6) is 0 Å². The van der Waals surface area contributed by atoms with Gasteiger partial charge in [0.1, 0.15) is 0 Å². The standard InChI is InChI=1S/C11H13Cl2N/c1-3-11(14-4-2)9-7-8(12)5-6-10(9)13/h3,5-7,11,14H,1,4H2,2H3. The molecule has 0 aliphatic carbocycles. The minimum Gasteiger partial charge on any atom is -0.307 e. The van der Waals surface area contributed by atoms with Gasteiger partial charge in [0, 0.05) is 10.0 Å². The van der Waals surface area contributed by atoms with Crippen LogP contribution in [0.3, 0.4) is 0 Å². The number of hydrogen-bond acceptors (Lipinski definition) is 1. The summed E-state index contributed by atoms with van der Waals surface area (Å²) in [7, 11) is 0. The molecule has 0 heterocycles. The third-order valence-electron chi connectivity index (χ3n) is 1.95. The fourth-order valence-corrected chi connectivity index (χ4v) is 1.71. The molecule has 0 fully saturated rings. The van der Waals surface area contributed by atoms with Crippen molar-refractivity contribution in [2.45, 2.75) is 13.0 Å². The van der Waals surface area contributed by atoms with Crippen LogP contribution in [0.2, 0.25) is 10.0 Å². The normalized spacial score (nSPS) is 12.5. The summed E-state index contributed by atoms with van der Waals surface area (Å²) in [4.78, 5) is 0. The fourth-order valence-electron chi connectivity index (χ4n) is 1.29. The predicted molar refractivity (Wildman–Crippen MR) is 63.1 cm³/mol. The van der Waals surface area contributed by atoms with Gasteiger partial charge in [0.15, 0.2) is 0 Å². The Kier molecular flexibility index (Phi) is 4.46. The quantitative estimate of drug-likeness (QED) is 0.775. The molecule has 1 atom stereocenters. The van der Waals surface area contributed by atoms with E-state index < -0.39 is 0 Å². The highest BCUT2D eigenvalue weighted by atomic mass is 35.5. The second kappa shape index (κ2) is 5.40. The zero-order valence-electron chi connectivity index (χ0n) is 8.06. The molecular weight excluding hydrogens is 217 g/mol. The lowest BCUT2D eigenvalue weighted by atomic mass is 10.1. The SMILES string of the molecule is C=CC(NCC)c1cc(Cl)ccc1Cl. The first-order chi connectivity index (χ1) is 6.69. The molecule has 76 valence electrons. The highest BCUT2D eigenvalue weighted by molar-refractivity contribution is 6.33. The lowest BCUT2D eigenvalue weighted by molar-refractivity contribution is 0.649. The molecule has 0 spiro atoms. The Labute approximate surface area is 94.7 Å². The molecule has 0 saturated carbocycles. The molecule has 0 aromatic heterocycles. The maximum Gasteiger partial charge on any atom is 0.0518 e. The summed E-state index contributed by atoms with van der Waals surface area (Å²) >= 11 is 12.0. The predicted octanol–water partition coefficient (Wildman–Crippen LogP) is 3.83. The van der Waals surface area contributed by atoms with Crippen LogP contribution in [0.15, 0.2) is 30.9 Å². The van der Waals surface area contributed by atoms with Crippen molar-refractivity contribution in [2.24, 2.45) is 0 Å². The van der Waals surface area contributed by atoms with Gasteiger partial charge in [-0.25, -0.2) is 0 Å².